The molecule has 2 aromatic rings. The summed E-state index contributed by atoms with van der Waals surface area (Å²) in [6.07, 6.45) is -0.535. The first-order chi connectivity index (χ1) is 7.29. The van der Waals surface area contributed by atoms with Gasteiger partial charge in [0, 0.05) is 13.0 Å². The predicted octanol–water partition coefficient (Wildman–Crippen LogP) is 2.68. The van der Waals surface area contributed by atoms with Crippen LogP contribution in [0.2, 0.25) is 0 Å². The largest absolute Gasteiger partial charge is 0.328 e. The number of halogens is 1. The van der Waals surface area contributed by atoms with Gasteiger partial charge in [-0.05, 0) is 16.3 Å². The first-order valence-corrected chi connectivity index (χ1v) is 5.11. The summed E-state index contributed by atoms with van der Waals surface area (Å²) in [6.45, 7) is 0.0901. The van der Waals surface area contributed by atoms with Gasteiger partial charge in [-0.2, -0.15) is 0 Å². The second-order valence-electron chi connectivity index (χ2n) is 3.72. The second-order valence-corrected chi connectivity index (χ2v) is 3.72. The minimum absolute atomic E-state index is 0.0901. The van der Waals surface area contributed by atoms with Crippen molar-refractivity contribution in [2.75, 3.05) is 6.54 Å². The van der Waals surface area contributed by atoms with Crippen molar-refractivity contribution in [2.24, 2.45) is 5.73 Å². The van der Waals surface area contributed by atoms with Crippen molar-refractivity contribution in [3.63, 3.8) is 0 Å². The van der Waals surface area contributed by atoms with E-state index in [-0.39, 0.29) is 6.54 Å². The number of rotatable bonds is 3. The summed E-state index contributed by atoms with van der Waals surface area (Å²) in [6, 6.07) is 14.1. The van der Waals surface area contributed by atoms with Gasteiger partial charge < -0.3 is 5.73 Å². The Labute approximate surface area is 88.7 Å². The molecule has 0 spiro atoms. The molecule has 0 aromatic heterocycles. The highest BCUT2D eigenvalue weighted by atomic mass is 19.1. The molecule has 0 aliphatic carbocycles. The monoisotopic (exact) mass is 203 g/mol. The summed E-state index contributed by atoms with van der Waals surface area (Å²) in [5.74, 6) is 0. The quantitative estimate of drug-likeness (QED) is 0.815. The maximum absolute atomic E-state index is 13.1. The Hall–Kier alpha value is -1.41. The van der Waals surface area contributed by atoms with Gasteiger partial charge in [0.25, 0.3) is 0 Å². The molecule has 0 aliphatic rings. The molecule has 15 heavy (non-hydrogen) atoms. The Morgan fingerprint density at radius 3 is 2.53 bits per heavy atom. The molecule has 0 heterocycles. The van der Waals surface area contributed by atoms with E-state index in [0.29, 0.717) is 6.42 Å². The minimum Gasteiger partial charge on any atom is -0.328 e. The van der Waals surface area contributed by atoms with E-state index in [1.165, 1.54) is 5.39 Å². The van der Waals surface area contributed by atoms with Gasteiger partial charge in [0.2, 0.25) is 0 Å². The van der Waals surface area contributed by atoms with Crippen LogP contribution >= 0.6 is 0 Å². The molecule has 2 N–H and O–H groups in total. The van der Waals surface area contributed by atoms with E-state index in [4.69, 9.17) is 5.73 Å². The first kappa shape index (κ1) is 10.1. The van der Waals surface area contributed by atoms with Gasteiger partial charge in [0.05, 0.1) is 0 Å². The summed E-state index contributed by atoms with van der Waals surface area (Å²) < 4.78 is 13.1. The van der Waals surface area contributed by atoms with Gasteiger partial charge in [-0.25, -0.2) is 4.39 Å². The Bertz CT molecular complexity index is 453. The fraction of sp³-hybridized carbons (Fsp3) is 0.231. The standard InChI is InChI=1S/C13H14FN/c14-13(9-15)8-10-5-6-11-3-1-2-4-12(11)7-10/h1-7,13H,8-9,15H2/t13-/m1/s1. The van der Waals surface area contributed by atoms with E-state index in [1.807, 2.05) is 36.4 Å². The lowest BCUT2D eigenvalue weighted by atomic mass is 10.0. The van der Waals surface area contributed by atoms with Crippen LogP contribution in [0.15, 0.2) is 42.5 Å². The molecule has 0 bridgehead atoms. The van der Waals surface area contributed by atoms with E-state index in [0.717, 1.165) is 10.9 Å². The Morgan fingerprint density at radius 1 is 1.07 bits per heavy atom. The lowest BCUT2D eigenvalue weighted by Gasteiger charge is -2.06. The van der Waals surface area contributed by atoms with Crippen LogP contribution in [0.3, 0.4) is 0 Å². The number of fused-ring (bicyclic) bond motifs is 1. The van der Waals surface area contributed by atoms with Crippen LogP contribution < -0.4 is 5.73 Å². The zero-order chi connectivity index (χ0) is 10.7. The van der Waals surface area contributed by atoms with Gasteiger partial charge in [-0.15, -0.1) is 0 Å². The molecule has 0 amide bonds. The highest BCUT2D eigenvalue weighted by molar-refractivity contribution is 5.82. The Morgan fingerprint density at radius 2 is 1.80 bits per heavy atom. The average Bonchev–Trinajstić information content (AvgIpc) is 2.29. The minimum atomic E-state index is -0.939. The molecule has 78 valence electrons. The molecule has 2 aromatic carbocycles. The van der Waals surface area contributed by atoms with Crippen LogP contribution in [0.5, 0.6) is 0 Å². The topological polar surface area (TPSA) is 26.0 Å². The van der Waals surface area contributed by atoms with Gasteiger partial charge in [-0.3, -0.25) is 0 Å². The summed E-state index contributed by atoms with van der Waals surface area (Å²) in [4.78, 5) is 0. The molecule has 2 heteroatoms. The number of hydrogen-bond acceptors (Lipinski definition) is 1. The van der Waals surface area contributed by atoms with Gasteiger partial charge in [0.1, 0.15) is 6.17 Å². The summed E-state index contributed by atoms with van der Waals surface area (Å²) in [5, 5.41) is 2.34. The maximum atomic E-state index is 13.1. The zero-order valence-electron chi connectivity index (χ0n) is 8.49. The van der Waals surface area contributed by atoms with Crippen molar-refractivity contribution in [3.05, 3.63) is 48.0 Å². The molecule has 2 rings (SSSR count). The van der Waals surface area contributed by atoms with E-state index >= 15 is 0 Å². The van der Waals surface area contributed by atoms with Crippen LogP contribution in [0, 0.1) is 0 Å². The number of hydrogen-bond donors (Lipinski definition) is 1. The van der Waals surface area contributed by atoms with Crippen molar-refractivity contribution in [1.29, 1.82) is 0 Å². The molecular formula is C13H14FN. The van der Waals surface area contributed by atoms with Crippen molar-refractivity contribution in [2.45, 2.75) is 12.6 Å². The molecule has 1 nitrogen and oxygen atoms in total. The second kappa shape index (κ2) is 4.41. The number of alkyl halides is 1. The molecule has 0 fully saturated rings. The summed E-state index contributed by atoms with van der Waals surface area (Å²) in [5.41, 5.74) is 6.26. The van der Waals surface area contributed by atoms with Crippen molar-refractivity contribution in [3.8, 4) is 0 Å². The smallest absolute Gasteiger partial charge is 0.116 e. The fourth-order valence-electron chi connectivity index (χ4n) is 1.70. The van der Waals surface area contributed by atoms with Gasteiger partial charge >= 0.3 is 0 Å². The van der Waals surface area contributed by atoms with Crippen molar-refractivity contribution in [1.82, 2.24) is 0 Å². The molecule has 0 saturated heterocycles. The van der Waals surface area contributed by atoms with Crippen LogP contribution in [-0.2, 0) is 6.42 Å². The van der Waals surface area contributed by atoms with Crippen molar-refractivity contribution >= 4 is 10.8 Å². The van der Waals surface area contributed by atoms with Crippen LogP contribution in [0.25, 0.3) is 10.8 Å². The molecule has 0 unspecified atom stereocenters. The Balaban J connectivity index is 2.30. The third-order valence-corrected chi connectivity index (χ3v) is 2.53. The van der Waals surface area contributed by atoms with Crippen molar-refractivity contribution < 1.29 is 4.39 Å². The molecule has 0 saturated carbocycles. The molecule has 0 aliphatic heterocycles. The molecule has 1 atom stereocenters. The van der Waals surface area contributed by atoms with E-state index in [9.17, 15) is 4.39 Å². The lowest BCUT2D eigenvalue weighted by molar-refractivity contribution is 0.340. The third kappa shape index (κ3) is 2.34. The normalized spacial score (nSPS) is 12.9. The highest BCUT2D eigenvalue weighted by Gasteiger charge is 2.05. The van der Waals surface area contributed by atoms with Gasteiger partial charge in [-0.1, -0.05) is 42.5 Å². The maximum Gasteiger partial charge on any atom is 0.116 e. The van der Waals surface area contributed by atoms with Crippen LogP contribution in [-0.4, -0.2) is 12.7 Å². The highest BCUT2D eigenvalue weighted by Crippen LogP contribution is 2.16. The number of benzene rings is 2. The van der Waals surface area contributed by atoms with E-state index in [1.54, 1.807) is 0 Å². The summed E-state index contributed by atoms with van der Waals surface area (Å²) in [7, 11) is 0. The third-order valence-electron chi connectivity index (χ3n) is 2.53. The number of nitrogens with two attached hydrogens (primary N) is 1. The zero-order valence-corrected chi connectivity index (χ0v) is 8.49. The molecular weight excluding hydrogens is 189 g/mol. The van der Waals surface area contributed by atoms with Crippen LogP contribution in [0.4, 0.5) is 4.39 Å². The first-order valence-electron chi connectivity index (χ1n) is 5.11. The fourth-order valence-corrected chi connectivity index (χ4v) is 1.70. The lowest BCUT2D eigenvalue weighted by Crippen LogP contribution is -2.17. The summed E-state index contributed by atoms with van der Waals surface area (Å²) >= 11 is 0. The van der Waals surface area contributed by atoms with E-state index < -0.39 is 6.17 Å². The SMILES string of the molecule is NC[C@H](F)Cc1ccc2ccccc2c1. The average molecular weight is 203 g/mol. The van der Waals surface area contributed by atoms with Crippen LogP contribution in [0.1, 0.15) is 5.56 Å². The Kier molecular flexibility index (Phi) is 2.97. The van der Waals surface area contributed by atoms with E-state index in [2.05, 4.69) is 6.07 Å². The molecule has 0 radical (unpaired) electrons. The van der Waals surface area contributed by atoms with Gasteiger partial charge in [0.15, 0.2) is 0 Å². The predicted molar refractivity (Wildman–Crippen MR) is 61.6 cm³/mol.